The fourth-order valence-electron chi connectivity index (χ4n) is 2.91. The Kier molecular flexibility index (Phi) is 2.04. The van der Waals surface area contributed by atoms with Gasteiger partial charge in [-0.2, -0.15) is 5.10 Å². The van der Waals surface area contributed by atoms with Gasteiger partial charge in [0.2, 0.25) is 0 Å². The molecule has 0 saturated heterocycles. The SMILES string of the molecule is Cn1nccc1NCC1CC2C=CC1C2. The second-order valence-electron chi connectivity index (χ2n) is 4.76. The fraction of sp³-hybridized carbons (Fsp3) is 0.583. The highest BCUT2D eigenvalue weighted by Crippen LogP contribution is 2.43. The van der Waals surface area contributed by atoms with Crippen molar-refractivity contribution in [1.29, 1.82) is 0 Å². The lowest BCUT2D eigenvalue weighted by Crippen LogP contribution is -2.19. The zero-order chi connectivity index (χ0) is 10.3. The number of nitrogens with zero attached hydrogens (tertiary/aromatic N) is 2. The van der Waals surface area contributed by atoms with Crippen LogP contribution in [0, 0.1) is 17.8 Å². The van der Waals surface area contributed by atoms with Crippen LogP contribution in [-0.2, 0) is 7.05 Å². The van der Waals surface area contributed by atoms with E-state index < -0.39 is 0 Å². The van der Waals surface area contributed by atoms with E-state index in [1.54, 1.807) is 0 Å². The summed E-state index contributed by atoms with van der Waals surface area (Å²) < 4.78 is 1.89. The van der Waals surface area contributed by atoms with E-state index in [0.29, 0.717) is 0 Å². The molecule has 3 heteroatoms. The van der Waals surface area contributed by atoms with Gasteiger partial charge in [0.1, 0.15) is 5.82 Å². The summed E-state index contributed by atoms with van der Waals surface area (Å²) in [6.45, 7) is 1.09. The molecule has 3 unspecified atom stereocenters. The molecular weight excluding hydrogens is 186 g/mol. The number of nitrogens with one attached hydrogen (secondary N) is 1. The Morgan fingerprint density at radius 3 is 3.00 bits per heavy atom. The van der Waals surface area contributed by atoms with Gasteiger partial charge in [0.05, 0.1) is 6.20 Å². The van der Waals surface area contributed by atoms with E-state index in [-0.39, 0.29) is 0 Å². The number of anilines is 1. The summed E-state index contributed by atoms with van der Waals surface area (Å²) in [5.74, 6) is 3.65. The summed E-state index contributed by atoms with van der Waals surface area (Å²) in [4.78, 5) is 0. The second-order valence-corrected chi connectivity index (χ2v) is 4.76. The van der Waals surface area contributed by atoms with Crippen LogP contribution in [0.15, 0.2) is 24.4 Å². The Bertz CT molecular complexity index is 380. The minimum absolute atomic E-state index is 0.829. The van der Waals surface area contributed by atoms with Gasteiger partial charge in [-0.25, -0.2) is 0 Å². The molecule has 1 aromatic rings. The maximum absolute atomic E-state index is 4.15. The second kappa shape index (κ2) is 3.40. The number of fused-ring (bicyclic) bond motifs is 2. The highest BCUT2D eigenvalue weighted by Gasteiger charge is 2.35. The van der Waals surface area contributed by atoms with Crippen LogP contribution in [0.5, 0.6) is 0 Å². The van der Waals surface area contributed by atoms with Gasteiger partial charge >= 0.3 is 0 Å². The van der Waals surface area contributed by atoms with Gasteiger partial charge in [-0.3, -0.25) is 4.68 Å². The van der Waals surface area contributed by atoms with Crippen LogP contribution >= 0.6 is 0 Å². The fourth-order valence-corrected chi connectivity index (χ4v) is 2.91. The van der Waals surface area contributed by atoms with E-state index >= 15 is 0 Å². The van der Waals surface area contributed by atoms with Gasteiger partial charge in [0.25, 0.3) is 0 Å². The quantitative estimate of drug-likeness (QED) is 0.762. The minimum atomic E-state index is 0.829. The molecule has 1 N–H and O–H groups in total. The molecule has 0 spiro atoms. The summed E-state index contributed by atoms with van der Waals surface area (Å²) >= 11 is 0. The third-order valence-electron chi connectivity index (χ3n) is 3.78. The Morgan fingerprint density at radius 2 is 2.40 bits per heavy atom. The molecule has 2 aliphatic rings. The Labute approximate surface area is 90.2 Å². The number of aryl methyl sites for hydroxylation is 1. The van der Waals surface area contributed by atoms with Crippen LogP contribution in [0.3, 0.4) is 0 Å². The van der Waals surface area contributed by atoms with Crippen LogP contribution < -0.4 is 5.32 Å². The Morgan fingerprint density at radius 1 is 1.47 bits per heavy atom. The third kappa shape index (κ3) is 1.56. The summed E-state index contributed by atoms with van der Waals surface area (Å²) in [6, 6.07) is 2.03. The van der Waals surface area contributed by atoms with E-state index in [9.17, 15) is 0 Å². The average Bonchev–Trinajstić information content (AvgIpc) is 2.90. The first-order valence-corrected chi connectivity index (χ1v) is 5.73. The normalized spacial score (nSPS) is 32.5. The van der Waals surface area contributed by atoms with E-state index in [1.807, 2.05) is 24.0 Å². The van der Waals surface area contributed by atoms with E-state index in [4.69, 9.17) is 0 Å². The molecule has 80 valence electrons. The summed E-state index contributed by atoms with van der Waals surface area (Å²) in [7, 11) is 1.98. The highest BCUT2D eigenvalue weighted by atomic mass is 15.3. The van der Waals surface area contributed by atoms with Crippen molar-refractivity contribution in [1.82, 2.24) is 9.78 Å². The van der Waals surface area contributed by atoms with E-state index in [2.05, 4.69) is 22.6 Å². The molecule has 2 aliphatic carbocycles. The van der Waals surface area contributed by atoms with Gasteiger partial charge in [-0.1, -0.05) is 12.2 Å². The summed E-state index contributed by atoms with van der Waals surface area (Å²) in [5.41, 5.74) is 0. The molecule has 2 bridgehead atoms. The van der Waals surface area contributed by atoms with Gasteiger partial charge in [0, 0.05) is 19.7 Å². The standard InChI is InChI=1S/C12H17N3/c1-15-12(4-5-14-15)13-8-11-7-9-2-3-10(11)6-9/h2-5,9-11,13H,6-8H2,1H3. The van der Waals surface area contributed by atoms with Crippen molar-refractivity contribution in [2.75, 3.05) is 11.9 Å². The predicted molar refractivity (Wildman–Crippen MR) is 60.5 cm³/mol. The molecule has 0 aliphatic heterocycles. The number of allylic oxidation sites excluding steroid dienone is 2. The van der Waals surface area contributed by atoms with Crippen molar-refractivity contribution >= 4 is 5.82 Å². The maximum Gasteiger partial charge on any atom is 0.123 e. The van der Waals surface area contributed by atoms with Crippen LogP contribution in [-0.4, -0.2) is 16.3 Å². The highest BCUT2D eigenvalue weighted by molar-refractivity contribution is 5.33. The van der Waals surface area contributed by atoms with Crippen LogP contribution in [0.25, 0.3) is 0 Å². The summed E-state index contributed by atoms with van der Waals surface area (Å²) in [5, 5.41) is 7.64. The molecule has 15 heavy (non-hydrogen) atoms. The van der Waals surface area contributed by atoms with Crippen molar-refractivity contribution in [2.45, 2.75) is 12.8 Å². The molecule has 3 rings (SSSR count). The lowest BCUT2D eigenvalue weighted by Gasteiger charge is -2.18. The van der Waals surface area contributed by atoms with Gasteiger partial charge in [-0.05, 0) is 30.6 Å². The van der Waals surface area contributed by atoms with Crippen LogP contribution in [0.4, 0.5) is 5.82 Å². The average molecular weight is 203 g/mol. The Balaban J connectivity index is 1.59. The molecule has 3 atom stereocenters. The zero-order valence-corrected chi connectivity index (χ0v) is 9.06. The molecule has 1 heterocycles. The van der Waals surface area contributed by atoms with Gasteiger partial charge < -0.3 is 5.32 Å². The number of hydrogen-bond donors (Lipinski definition) is 1. The monoisotopic (exact) mass is 203 g/mol. The maximum atomic E-state index is 4.15. The molecule has 1 fully saturated rings. The topological polar surface area (TPSA) is 29.9 Å². The number of hydrogen-bond acceptors (Lipinski definition) is 2. The van der Waals surface area contributed by atoms with Crippen molar-refractivity contribution in [3.8, 4) is 0 Å². The molecule has 1 aromatic heterocycles. The lowest BCUT2D eigenvalue weighted by atomic mass is 9.94. The van der Waals surface area contributed by atoms with Crippen LogP contribution in [0.1, 0.15) is 12.8 Å². The molecule has 0 aromatic carbocycles. The Hall–Kier alpha value is -1.25. The van der Waals surface area contributed by atoms with E-state index in [0.717, 1.165) is 30.1 Å². The molecular formula is C12H17N3. The first-order chi connectivity index (χ1) is 7.33. The van der Waals surface area contributed by atoms with Crippen molar-refractivity contribution in [2.24, 2.45) is 24.8 Å². The molecule has 3 nitrogen and oxygen atoms in total. The number of rotatable bonds is 3. The van der Waals surface area contributed by atoms with Crippen molar-refractivity contribution in [3.63, 3.8) is 0 Å². The predicted octanol–water partition coefficient (Wildman–Crippen LogP) is 2.04. The first kappa shape index (κ1) is 9.01. The summed E-state index contributed by atoms with van der Waals surface area (Å²) in [6.07, 6.45) is 9.39. The van der Waals surface area contributed by atoms with Crippen LogP contribution in [0.2, 0.25) is 0 Å². The minimum Gasteiger partial charge on any atom is -0.370 e. The zero-order valence-electron chi connectivity index (χ0n) is 9.06. The van der Waals surface area contributed by atoms with Gasteiger partial charge in [0.15, 0.2) is 0 Å². The van der Waals surface area contributed by atoms with E-state index in [1.165, 1.54) is 12.8 Å². The lowest BCUT2D eigenvalue weighted by molar-refractivity contribution is 0.470. The smallest absolute Gasteiger partial charge is 0.123 e. The van der Waals surface area contributed by atoms with Gasteiger partial charge in [-0.15, -0.1) is 0 Å². The third-order valence-corrected chi connectivity index (χ3v) is 3.78. The molecule has 0 amide bonds. The first-order valence-electron chi connectivity index (χ1n) is 5.73. The molecule has 1 saturated carbocycles. The number of aromatic nitrogens is 2. The largest absolute Gasteiger partial charge is 0.370 e. The van der Waals surface area contributed by atoms with Crippen molar-refractivity contribution < 1.29 is 0 Å². The van der Waals surface area contributed by atoms with Crippen molar-refractivity contribution in [3.05, 3.63) is 24.4 Å². The molecule has 0 radical (unpaired) electrons.